The molecule has 0 aliphatic carbocycles. The molecule has 46 heavy (non-hydrogen) atoms. The number of aromatic nitrogens is 7. The number of nitrogens with two attached hydrogens (primary N) is 1. The van der Waals surface area contributed by atoms with Crippen molar-refractivity contribution in [1.82, 2.24) is 33.9 Å². The molecule has 13 heteroatoms. The Bertz CT molecular complexity index is 2080. The third-order valence-corrected chi connectivity index (χ3v) is 7.72. The van der Waals surface area contributed by atoms with E-state index in [2.05, 4.69) is 25.5 Å². The highest BCUT2D eigenvalue weighted by atomic mass is 16.6. The molecule has 7 rings (SSSR count). The average Bonchev–Trinajstić information content (AvgIpc) is 3.71. The van der Waals surface area contributed by atoms with Crippen LogP contribution in [0.25, 0.3) is 28.0 Å². The van der Waals surface area contributed by atoms with Gasteiger partial charge in [0, 0.05) is 41.0 Å². The quantitative estimate of drug-likeness (QED) is 0.261. The van der Waals surface area contributed by atoms with Gasteiger partial charge in [-0.3, -0.25) is 14.3 Å². The minimum atomic E-state index is -0.556. The van der Waals surface area contributed by atoms with Crippen LogP contribution in [-0.2, 0) is 22.6 Å². The first-order valence-corrected chi connectivity index (χ1v) is 14.8. The van der Waals surface area contributed by atoms with Gasteiger partial charge in [0.05, 0.1) is 39.1 Å². The van der Waals surface area contributed by atoms with Gasteiger partial charge in [0.25, 0.3) is 11.5 Å². The molecule has 1 fully saturated rings. The van der Waals surface area contributed by atoms with Crippen LogP contribution in [0.3, 0.4) is 0 Å². The first-order chi connectivity index (χ1) is 22.4. The second kappa shape index (κ2) is 12.4. The van der Waals surface area contributed by atoms with Crippen LogP contribution in [0.15, 0.2) is 90.2 Å². The zero-order valence-corrected chi connectivity index (χ0v) is 25.0. The van der Waals surface area contributed by atoms with E-state index in [-0.39, 0.29) is 11.7 Å². The summed E-state index contributed by atoms with van der Waals surface area (Å²) in [6, 6.07) is 18.9. The number of amides is 1. The van der Waals surface area contributed by atoms with Crippen molar-refractivity contribution in [3.8, 4) is 22.3 Å². The van der Waals surface area contributed by atoms with E-state index in [1.807, 2.05) is 59.4 Å². The lowest BCUT2D eigenvalue weighted by atomic mass is 10.0. The number of hydrogen-bond donors (Lipinski definition) is 2. The Morgan fingerprint density at radius 3 is 2.63 bits per heavy atom. The number of pyridine rings is 1. The predicted octanol–water partition coefficient (Wildman–Crippen LogP) is 3.42. The largest absolute Gasteiger partial charge is 0.383 e. The van der Waals surface area contributed by atoms with E-state index in [1.54, 1.807) is 36.0 Å². The number of fused-ring (bicyclic) bond motifs is 1. The fraction of sp³-hybridized carbons (Fsp3) is 0.212. The van der Waals surface area contributed by atoms with E-state index in [0.29, 0.717) is 56.0 Å². The van der Waals surface area contributed by atoms with Crippen molar-refractivity contribution >= 4 is 23.2 Å². The summed E-state index contributed by atoms with van der Waals surface area (Å²) in [5.41, 5.74) is 10.5. The summed E-state index contributed by atoms with van der Waals surface area (Å²) in [4.78, 5) is 35.5. The van der Waals surface area contributed by atoms with Crippen molar-refractivity contribution in [3.63, 3.8) is 0 Å². The van der Waals surface area contributed by atoms with Crippen LogP contribution in [0, 0.1) is 6.92 Å². The lowest BCUT2D eigenvalue weighted by Gasteiger charge is -2.22. The van der Waals surface area contributed by atoms with Gasteiger partial charge in [-0.05, 0) is 36.2 Å². The average molecular weight is 618 g/mol. The van der Waals surface area contributed by atoms with Crippen LogP contribution in [0.1, 0.15) is 21.7 Å². The van der Waals surface area contributed by atoms with Crippen LogP contribution in [0.2, 0.25) is 0 Å². The highest BCUT2D eigenvalue weighted by Gasteiger charge is 2.19. The topological polar surface area (TPSA) is 156 Å². The first-order valence-electron chi connectivity index (χ1n) is 14.8. The van der Waals surface area contributed by atoms with Gasteiger partial charge in [-0.15, -0.1) is 5.10 Å². The number of nitrogens with one attached hydrogen (secondary N) is 1. The van der Waals surface area contributed by atoms with Crippen molar-refractivity contribution in [2.75, 3.05) is 30.9 Å². The van der Waals surface area contributed by atoms with Crippen molar-refractivity contribution in [2.45, 2.75) is 26.1 Å². The Balaban J connectivity index is 1.10. The molecular formula is C33H31N9O4. The van der Waals surface area contributed by atoms with Crippen molar-refractivity contribution in [1.29, 1.82) is 0 Å². The summed E-state index contributed by atoms with van der Waals surface area (Å²) in [5.74, 6) is 0.611. The van der Waals surface area contributed by atoms with Gasteiger partial charge in [-0.1, -0.05) is 42.5 Å². The summed E-state index contributed by atoms with van der Waals surface area (Å²) < 4.78 is 16.0. The van der Waals surface area contributed by atoms with Crippen LogP contribution < -0.4 is 16.6 Å². The van der Waals surface area contributed by atoms with Gasteiger partial charge in [0.2, 0.25) is 5.78 Å². The van der Waals surface area contributed by atoms with Gasteiger partial charge in [-0.2, -0.15) is 14.6 Å². The monoisotopic (exact) mass is 617 g/mol. The van der Waals surface area contributed by atoms with Gasteiger partial charge < -0.3 is 25.1 Å². The van der Waals surface area contributed by atoms with E-state index in [0.717, 1.165) is 27.8 Å². The number of anilines is 2. The molecule has 0 spiro atoms. The molecule has 3 N–H and O–H groups in total. The zero-order chi connectivity index (χ0) is 31.6. The van der Waals surface area contributed by atoms with Crippen LogP contribution >= 0.6 is 0 Å². The molecule has 0 saturated carbocycles. The number of ether oxygens (including phenoxy) is 2. The van der Waals surface area contributed by atoms with Crippen molar-refractivity contribution in [2.24, 2.45) is 0 Å². The van der Waals surface area contributed by atoms with Gasteiger partial charge in [0.1, 0.15) is 23.3 Å². The maximum atomic E-state index is 13.4. The summed E-state index contributed by atoms with van der Waals surface area (Å²) in [6.45, 7) is 4.45. The summed E-state index contributed by atoms with van der Waals surface area (Å²) in [6.07, 6.45) is 6.93. The Hall–Kier alpha value is -5.66. The molecule has 1 atom stereocenters. The molecule has 0 bridgehead atoms. The standard InChI is InChI=1S/C33H31N9O4/c1-21-37-33-40(16-22-5-3-2-4-6-22)19-29(32(44)42(33)39-21)31(43)38-26-9-7-23(8-10-26)28-13-24(14-35-30(28)34)25-15-36-41(17-25)18-27-20-45-11-12-46-27/h2-10,13-15,17,19,27H,11-12,16,18,20H2,1H3,(H2,34,35)(H,38,43)/t27-/m1/s1. The molecule has 0 unspecified atom stereocenters. The molecule has 4 aromatic heterocycles. The molecule has 2 aromatic carbocycles. The van der Waals surface area contributed by atoms with E-state index < -0.39 is 11.5 Å². The number of carbonyl (C=O) groups excluding carboxylic acids is 1. The molecular weight excluding hydrogens is 586 g/mol. The smallest absolute Gasteiger partial charge is 0.288 e. The number of nitrogen functional groups attached to an aromatic ring is 1. The summed E-state index contributed by atoms with van der Waals surface area (Å²) in [5, 5.41) is 11.5. The zero-order valence-electron chi connectivity index (χ0n) is 25.0. The molecule has 1 aliphatic heterocycles. The fourth-order valence-electron chi connectivity index (χ4n) is 5.42. The Morgan fingerprint density at radius 2 is 1.85 bits per heavy atom. The molecule has 6 aromatic rings. The van der Waals surface area contributed by atoms with Gasteiger partial charge in [-0.25, -0.2) is 4.98 Å². The number of aryl methyl sites for hydroxylation is 1. The fourth-order valence-corrected chi connectivity index (χ4v) is 5.42. The van der Waals surface area contributed by atoms with Crippen molar-refractivity contribution < 1.29 is 14.3 Å². The molecule has 5 heterocycles. The maximum Gasteiger partial charge on any atom is 0.288 e. The minimum Gasteiger partial charge on any atom is -0.383 e. The lowest BCUT2D eigenvalue weighted by molar-refractivity contribution is -0.0946. The highest BCUT2D eigenvalue weighted by Crippen LogP contribution is 2.30. The molecule has 0 radical (unpaired) electrons. The maximum absolute atomic E-state index is 13.4. The summed E-state index contributed by atoms with van der Waals surface area (Å²) >= 11 is 0. The molecule has 1 aliphatic rings. The van der Waals surface area contributed by atoms with E-state index in [9.17, 15) is 9.59 Å². The van der Waals surface area contributed by atoms with E-state index in [1.165, 1.54) is 10.7 Å². The Labute approximate surface area is 263 Å². The summed E-state index contributed by atoms with van der Waals surface area (Å²) in [7, 11) is 0. The molecule has 1 amide bonds. The van der Waals surface area contributed by atoms with Crippen molar-refractivity contribution in [3.05, 3.63) is 113 Å². The number of benzene rings is 2. The SMILES string of the molecule is Cc1nc2n(Cc3ccccc3)cc(C(=O)Nc3ccc(-c4cc(-c5cnn(C[C@@H]6COCCO6)c5)cnc4N)cc3)c(=O)n2n1. The third kappa shape index (κ3) is 6.01. The molecule has 13 nitrogen and oxygen atoms in total. The lowest BCUT2D eigenvalue weighted by Crippen LogP contribution is -2.32. The molecule has 1 saturated heterocycles. The van der Waals surface area contributed by atoms with Crippen LogP contribution in [-0.4, -0.2) is 65.8 Å². The van der Waals surface area contributed by atoms with Crippen LogP contribution in [0.5, 0.6) is 0 Å². The number of rotatable bonds is 8. The number of nitrogens with zero attached hydrogens (tertiary/aromatic N) is 7. The highest BCUT2D eigenvalue weighted by molar-refractivity contribution is 6.04. The minimum absolute atomic E-state index is 0.0365. The third-order valence-electron chi connectivity index (χ3n) is 7.72. The molecule has 232 valence electrons. The van der Waals surface area contributed by atoms with Gasteiger partial charge in [0.15, 0.2) is 0 Å². The van der Waals surface area contributed by atoms with E-state index >= 15 is 0 Å². The predicted molar refractivity (Wildman–Crippen MR) is 171 cm³/mol. The Morgan fingerprint density at radius 1 is 1.02 bits per heavy atom. The Kier molecular flexibility index (Phi) is 7.83. The second-order valence-electron chi connectivity index (χ2n) is 11.0. The van der Waals surface area contributed by atoms with E-state index in [4.69, 9.17) is 15.2 Å². The van der Waals surface area contributed by atoms with Gasteiger partial charge >= 0.3 is 0 Å². The number of hydrogen-bond acceptors (Lipinski definition) is 9. The first kappa shape index (κ1) is 29.1. The second-order valence-corrected chi connectivity index (χ2v) is 11.0. The number of carbonyl (C=O) groups is 1. The van der Waals surface area contributed by atoms with Crippen LogP contribution in [0.4, 0.5) is 11.5 Å². The normalized spacial score (nSPS) is 14.8.